The normalized spacial score (nSPS) is 10.0. The van der Waals surface area contributed by atoms with Crippen LogP contribution in [0.1, 0.15) is 11.3 Å². The first kappa shape index (κ1) is 15.3. The van der Waals surface area contributed by atoms with Crippen molar-refractivity contribution >= 4 is 28.9 Å². The van der Waals surface area contributed by atoms with Gasteiger partial charge in [-0.25, -0.2) is 4.98 Å². The Kier molecular flexibility index (Phi) is 6.17. The van der Waals surface area contributed by atoms with Gasteiger partial charge in [-0.15, -0.1) is 0 Å². The predicted molar refractivity (Wildman–Crippen MR) is 78.2 cm³/mol. The fourth-order valence-corrected chi connectivity index (χ4v) is 1.57. The molecule has 0 fully saturated rings. The zero-order valence-electron chi connectivity index (χ0n) is 11.0. The maximum absolute atomic E-state index is 11.5. The van der Waals surface area contributed by atoms with Crippen LogP contribution in [0, 0.1) is 6.92 Å². The fraction of sp³-hybridized carbons (Fsp3) is 0.417. The standard InChI is InChI=1S/C12H18N4O2S/c1-8-3-4-9(11(13)19)12(16-8)15-7-10(17)14-5-6-18-2/h3-4H,5-7H2,1-2H3,(H2,13,19)(H,14,17)(H,15,16). The number of rotatable bonds is 7. The van der Waals surface area contributed by atoms with Crippen molar-refractivity contribution in [1.29, 1.82) is 0 Å². The summed E-state index contributed by atoms with van der Waals surface area (Å²) < 4.78 is 4.84. The highest BCUT2D eigenvalue weighted by atomic mass is 32.1. The SMILES string of the molecule is COCCNC(=O)CNc1nc(C)ccc1C(N)=S. The third kappa shape index (κ3) is 5.19. The Labute approximate surface area is 117 Å². The van der Waals surface area contributed by atoms with E-state index in [0.29, 0.717) is 24.5 Å². The minimum Gasteiger partial charge on any atom is -0.389 e. The van der Waals surface area contributed by atoms with Crippen molar-refractivity contribution in [3.8, 4) is 0 Å². The fourth-order valence-electron chi connectivity index (χ4n) is 1.41. The molecule has 0 spiro atoms. The number of carbonyl (C=O) groups excluding carboxylic acids is 1. The molecule has 19 heavy (non-hydrogen) atoms. The molecule has 0 aromatic carbocycles. The van der Waals surface area contributed by atoms with E-state index in [2.05, 4.69) is 15.6 Å². The van der Waals surface area contributed by atoms with Gasteiger partial charge >= 0.3 is 0 Å². The van der Waals surface area contributed by atoms with Crippen molar-refractivity contribution in [3.63, 3.8) is 0 Å². The molecule has 0 atom stereocenters. The molecule has 1 amide bonds. The molecular weight excluding hydrogens is 264 g/mol. The van der Waals surface area contributed by atoms with E-state index in [9.17, 15) is 4.79 Å². The third-order valence-corrected chi connectivity index (χ3v) is 2.56. The maximum atomic E-state index is 11.5. The van der Waals surface area contributed by atoms with E-state index in [1.54, 1.807) is 13.2 Å². The highest BCUT2D eigenvalue weighted by Gasteiger charge is 2.08. The lowest BCUT2D eigenvalue weighted by atomic mass is 10.2. The predicted octanol–water partition coefficient (Wildman–Crippen LogP) is 0.199. The summed E-state index contributed by atoms with van der Waals surface area (Å²) in [5.41, 5.74) is 7.06. The number of ether oxygens (including phenoxy) is 1. The molecule has 104 valence electrons. The molecule has 0 bridgehead atoms. The lowest BCUT2D eigenvalue weighted by Crippen LogP contribution is -2.32. The molecular formula is C12H18N4O2S. The van der Waals surface area contributed by atoms with Gasteiger partial charge in [0.1, 0.15) is 10.8 Å². The highest BCUT2D eigenvalue weighted by Crippen LogP contribution is 2.12. The van der Waals surface area contributed by atoms with Gasteiger partial charge < -0.3 is 21.1 Å². The number of hydrogen-bond donors (Lipinski definition) is 3. The smallest absolute Gasteiger partial charge is 0.239 e. The Hall–Kier alpha value is -1.73. The first-order valence-electron chi connectivity index (χ1n) is 5.81. The van der Waals surface area contributed by atoms with Gasteiger partial charge in [-0.3, -0.25) is 4.79 Å². The van der Waals surface area contributed by atoms with Crippen LogP contribution in [0.25, 0.3) is 0 Å². The summed E-state index contributed by atoms with van der Waals surface area (Å²) in [6.45, 7) is 2.91. The Morgan fingerprint density at radius 1 is 1.53 bits per heavy atom. The number of amides is 1. The molecule has 0 aliphatic carbocycles. The van der Waals surface area contributed by atoms with Crippen LogP contribution in [0.15, 0.2) is 12.1 Å². The summed E-state index contributed by atoms with van der Waals surface area (Å²) in [5.74, 6) is 0.378. The number of methoxy groups -OCH3 is 1. The molecule has 1 heterocycles. The molecule has 1 rings (SSSR count). The van der Waals surface area contributed by atoms with Gasteiger partial charge in [0.15, 0.2) is 0 Å². The van der Waals surface area contributed by atoms with E-state index in [4.69, 9.17) is 22.7 Å². The highest BCUT2D eigenvalue weighted by molar-refractivity contribution is 7.80. The number of nitrogens with two attached hydrogens (primary N) is 1. The molecule has 0 saturated carbocycles. The van der Waals surface area contributed by atoms with Crippen molar-refractivity contribution in [1.82, 2.24) is 10.3 Å². The number of thiocarbonyl (C=S) groups is 1. The van der Waals surface area contributed by atoms with Crippen LogP contribution >= 0.6 is 12.2 Å². The maximum Gasteiger partial charge on any atom is 0.239 e. The Morgan fingerprint density at radius 2 is 2.26 bits per heavy atom. The number of pyridine rings is 1. The van der Waals surface area contributed by atoms with E-state index in [0.717, 1.165) is 5.69 Å². The summed E-state index contributed by atoms with van der Waals surface area (Å²) in [7, 11) is 1.58. The minimum atomic E-state index is -0.144. The summed E-state index contributed by atoms with van der Waals surface area (Å²) in [6, 6.07) is 3.61. The van der Waals surface area contributed by atoms with Crippen LogP contribution in [0.4, 0.5) is 5.82 Å². The van der Waals surface area contributed by atoms with Crippen LogP contribution in [0.5, 0.6) is 0 Å². The summed E-state index contributed by atoms with van der Waals surface area (Å²) in [6.07, 6.45) is 0. The average Bonchev–Trinajstić information content (AvgIpc) is 2.36. The Morgan fingerprint density at radius 3 is 2.89 bits per heavy atom. The molecule has 6 nitrogen and oxygen atoms in total. The van der Waals surface area contributed by atoms with Gasteiger partial charge in [0.25, 0.3) is 0 Å². The number of aryl methyl sites for hydroxylation is 1. The Balaban J connectivity index is 2.59. The molecule has 0 unspecified atom stereocenters. The number of nitrogens with zero attached hydrogens (tertiary/aromatic N) is 1. The monoisotopic (exact) mass is 282 g/mol. The van der Waals surface area contributed by atoms with Gasteiger partial charge in [-0.2, -0.15) is 0 Å². The number of carbonyl (C=O) groups is 1. The second kappa shape index (κ2) is 7.65. The Bertz CT molecular complexity index is 465. The number of aromatic nitrogens is 1. The first-order valence-corrected chi connectivity index (χ1v) is 6.22. The van der Waals surface area contributed by atoms with Crippen molar-refractivity contribution in [3.05, 3.63) is 23.4 Å². The van der Waals surface area contributed by atoms with E-state index in [1.165, 1.54) is 0 Å². The quantitative estimate of drug-likeness (QED) is 0.489. The second-order valence-corrected chi connectivity index (χ2v) is 4.35. The largest absolute Gasteiger partial charge is 0.389 e. The van der Waals surface area contributed by atoms with Gasteiger partial charge in [0, 0.05) is 19.3 Å². The summed E-state index contributed by atoms with van der Waals surface area (Å²) >= 11 is 4.94. The van der Waals surface area contributed by atoms with Gasteiger partial charge in [-0.1, -0.05) is 12.2 Å². The minimum absolute atomic E-state index is 0.107. The van der Waals surface area contributed by atoms with Crippen molar-refractivity contribution in [2.24, 2.45) is 5.73 Å². The van der Waals surface area contributed by atoms with Crippen molar-refractivity contribution in [2.75, 3.05) is 32.1 Å². The summed E-state index contributed by atoms with van der Waals surface area (Å²) in [4.78, 5) is 16.1. The van der Waals surface area contributed by atoms with E-state index in [1.807, 2.05) is 13.0 Å². The van der Waals surface area contributed by atoms with E-state index >= 15 is 0 Å². The molecule has 1 aromatic rings. The molecule has 0 radical (unpaired) electrons. The van der Waals surface area contributed by atoms with Gasteiger partial charge in [0.05, 0.1) is 18.7 Å². The van der Waals surface area contributed by atoms with Crippen LogP contribution in [-0.4, -0.2) is 42.7 Å². The zero-order valence-corrected chi connectivity index (χ0v) is 11.8. The van der Waals surface area contributed by atoms with Crippen molar-refractivity contribution < 1.29 is 9.53 Å². The van der Waals surface area contributed by atoms with Crippen LogP contribution < -0.4 is 16.4 Å². The number of anilines is 1. The molecule has 4 N–H and O–H groups in total. The van der Waals surface area contributed by atoms with Gasteiger partial charge in [0.2, 0.25) is 5.91 Å². The topological polar surface area (TPSA) is 89.3 Å². The van der Waals surface area contributed by atoms with Crippen LogP contribution in [0.3, 0.4) is 0 Å². The van der Waals surface area contributed by atoms with Crippen LogP contribution in [0.2, 0.25) is 0 Å². The molecule has 0 aliphatic rings. The first-order chi connectivity index (χ1) is 9.04. The van der Waals surface area contributed by atoms with Crippen molar-refractivity contribution in [2.45, 2.75) is 6.92 Å². The lowest BCUT2D eigenvalue weighted by molar-refractivity contribution is -0.119. The zero-order chi connectivity index (χ0) is 14.3. The number of hydrogen-bond acceptors (Lipinski definition) is 5. The third-order valence-electron chi connectivity index (χ3n) is 2.34. The van der Waals surface area contributed by atoms with E-state index in [-0.39, 0.29) is 17.4 Å². The summed E-state index contributed by atoms with van der Waals surface area (Å²) in [5, 5.41) is 5.63. The van der Waals surface area contributed by atoms with E-state index < -0.39 is 0 Å². The lowest BCUT2D eigenvalue weighted by Gasteiger charge is -2.11. The second-order valence-electron chi connectivity index (χ2n) is 3.91. The van der Waals surface area contributed by atoms with Crippen LogP contribution in [-0.2, 0) is 9.53 Å². The molecule has 0 aliphatic heterocycles. The molecule has 0 saturated heterocycles. The van der Waals surface area contributed by atoms with Gasteiger partial charge in [-0.05, 0) is 19.1 Å². The molecule has 7 heteroatoms. The molecule has 1 aromatic heterocycles. The average molecular weight is 282 g/mol. The number of nitrogens with one attached hydrogen (secondary N) is 2.